The van der Waals surface area contributed by atoms with Crippen LogP contribution in [0.3, 0.4) is 0 Å². The van der Waals surface area contributed by atoms with E-state index in [1.807, 2.05) is 48.2 Å². The molecule has 0 aliphatic carbocycles. The highest BCUT2D eigenvalue weighted by molar-refractivity contribution is 5.94. The lowest BCUT2D eigenvalue weighted by molar-refractivity contribution is 0.0776. The molecule has 2 atom stereocenters. The predicted molar refractivity (Wildman–Crippen MR) is 101 cm³/mol. The zero-order valence-electron chi connectivity index (χ0n) is 15.1. The number of amides is 1. The standard InChI is InChI=1S/C20H20N6O/c1-13-6-7-19(24-23-13)25-9-14-11-26(12-15(14)10-25)20(27)18-8-21-16-4-2-3-5-17(16)22-18/h2-8,14-15H,9-12H2,1H3. The molecule has 3 aromatic rings. The summed E-state index contributed by atoms with van der Waals surface area (Å²) >= 11 is 0. The van der Waals surface area contributed by atoms with Gasteiger partial charge in [0, 0.05) is 38.0 Å². The van der Waals surface area contributed by atoms with E-state index in [0.29, 0.717) is 17.5 Å². The smallest absolute Gasteiger partial charge is 0.274 e. The fraction of sp³-hybridized carbons (Fsp3) is 0.350. The largest absolute Gasteiger partial charge is 0.354 e. The monoisotopic (exact) mass is 360 g/mol. The Hall–Kier alpha value is -3.09. The SMILES string of the molecule is Cc1ccc(N2CC3CN(C(=O)c4cnc5ccccc5n4)CC3C2)nn1. The first kappa shape index (κ1) is 16.1. The molecule has 0 N–H and O–H groups in total. The van der Waals surface area contributed by atoms with E-state index < -0.39 is 0 Å². The Bertz CT molecular complexity index is 991. The summed E-state index contributed by atoms with van der Waals surface area (Å²) in [7, 11) is 0. The van der Waals surface area contributed by atoms with Crippen LogP contribution in [-0.2, 0) is 0 Å². The van der Waals surface area contributed by atoms with E-state index >= 15 is 0 Å². The Labute approximate surface area is 157 Å². The van der Waals surface area contributed by atoms with Crippen LogP contribution in [-0.4, -0.2) is 57.2 Å². The number of likely N-dealkylation sites (tertiary alicyclic amines) is 1. The Balaban J connectivity index is 1.29. The van der Waals surface area contributed by atoms with Gasteiger partial charge in [-0.15, -0.1) is 5.10 Å². The van der Waals surface area contributed by atoms with Crippen LogP contribution in [0.1, 0.15) is 16.2 Å². The minimum absolute atomic E-state index is 0.0238. The average Bonchev–Trinajstić information content (AvgIpc) is 3.27. The summed E-state index contributed by atoms with van der Waals surface area (Å²) in [5, 5.41) is 8.45. The topological polar surface area (TPSA) is 75.1 Å². The molecule has 0 radical (unpaired) electrons. The summed E-state index contributed by atoms with van der Waals surface area (Å²) in [5.41, 5.74) is 2.91. The lowest BCUT2D eigenvalue weighted by Gasteiger charge is -2.22. The van der Waals surface area contributed by atoms with Gasteiger partial charge in [-0.3, -0.25) is 9.78 Å². The van der Waals surface area contributed by atoms with Crippen molar-refractivity contribution in [3.63, 3.8) is 0 Å². The van der Waals surface area contributed by atoms with Crippen molar-refractivity contribution in [2.75, 3.05) is 31.1 Å². The minimum atomic E-state index is -0.0238. The number of aromatic nitrogens is 4. The molecule has 5 rings (SSSR count). The maximum absolute atomic E-state index is 12.9. The third-order valence-electron chi connectivity index (χ3n) is 5.55. The number of hydrogen-bond acceptors (Lipinski definition) is 6. The second-order valence-electron chi connectivity index (χ2n) is 7.41. The molecule has 0 spiro atoms. The van der Waals surface area contributed by atoms with Gasteiger partial charge in [0.2, 0.25) is 0 Å². The first-order chi connectivity index (χ1) is 13.2. The Morgan fingerprint density at radius 2 is 1.70 bits per heavy atom. The number of hydrogen-bond donors (Lipinski definition) is 0. The molecule has 1 aromatic carbocycles. The molecule has 7 nitrogen and oxygen atoms in total. The molecule has 7 heteroatoms. The molecule has 27 heavy (non-hydrogen) atoms. The lowest BCUT2D eigenvalue weighted by atomic mass is 10.0. The zero-order chi connectivity index (χ0) is 18.4. The van der Waals surface area contributed by atoms with Gasteiger partial charge in [-0.1, -0.05) is 12.1 Å². The van der Waals surface area contributed by atoms with Crippen molar-refractivity contribution in [2.45, 2.75) is 6.92 Å². The number of anilines is 1. The van der Waals surface area contributed by atoms with Crippen LogP contribution in [0.4, 0.5) is 5.82 Å². The van der Waals surface area contributed by atoms with Crippen molar-refractivity contribution in [1.29, 1.82) is 0 Å². The van der Waals surface area contributed by atoms with Crippen molar-refractivity contribution in [3.05, 3.63) is 54.0 Å². The van der Waals surface area contributed by atoms with Crippen LogP contribution in [0, 0.1) is 18.8 Å². The van der Waals surface area contributed by atoms with E-state index in [0.717, 1.165) is 48.7 Å². The summed E-state index contributed by atoms with van der Waals surface area (Å²) in [6.07, 6.45) is 1.59. The van der Waals surface area contributed by atoms with E-state index in [1.54, 1.807) is 6.20 Å². The van der Waals surface area contributed by atoms with Crippen molar-refractivity contribution in [3.8, 4) is 0 Å². The maximum atomic E-state index is 12.9. The third-order valence-corrected chi connectivity index (χ3v) is 5.55. The molecule has 2 aliphatic heterocycles. The molecule has 0 bridgehead atoms. The van der Waals surface area contributed by atoms with Gasteiger partial charge in [-0.25, -0.2) is 4.98 Å². The van der Waals surface area contributed by atoms with Gasteiger partial charge in [-0.05, 0) is 31.2 Å². The van der Waals surface area contributed by atoms with Gasteiger partial charge in [0.15, 0.2) is 5.82 Å². The number of benzene rings is 1. The fourth-order valence-corrected chi connectivity index (χ4v) is 4.13. The average molecular weight is 360 g/mol. The number of fused-ring (bicyclic) bond motifs is 2. The van der Waals surface area contributed by atoms with Gasteiger partial charge in [0.1, 0.15) is 5.69 Å². The predicted octanol–water partition coefficient (Wildman–Crippen LogP) is 1.94. The van der Waals surface area contributed by atoms with Crippen molar-refractivity contribution < 1.29 is 4.79 Å². The van der Waals surface area contributed by atoms with Crippen molar-refractivity contribution in [1.82, 2.24) is 25.1 Å². The first-order valence-corrected chi connectivity index (χ1v) is 9.24. The fourth-order valence-electron chi connectivity index (χ4n) is 4.13. The van der Waals surface area contributed by atoms with Crippen molar-refractivity contribution >= 4 is 22.8 Å². The van der Waals surface area contributed by atoms with Crippen LogP contribution in [0.5, 0.6) is 0 Å². The van der Waals surface area contributed by atoms with Gasteiger partial charge in [0.05, 0.1) is 22.9 Å². The molecular formula is C20H20N6O. The van der Waals surface area contributed by atoms with E-state index in [9.17, 15) is 4.79 Å². The quantitative estimate of drug-likeness (QED) is 0.695. The van der Waals surface area contributed by atoms with Gasteiger partial charge in [-0.2, -0.15) is 5.10 Å². The van der Waals surface area contributed by atoms with E-state index in [4.69, 9.17) is 0 Å². The molecule has 2 aliphatic rings. The van der Waals surface area contributed by atoms with Crippen LogP contribution in [0.15, 0.2) is 42.6 Å². The normalized spacial score (nSPS) is 21.7. The zero-order valence-corrected chi connectivity index (χ0v) is 15.1. The summed E-state index contributed by atoms with van der Waals surface area (Å²) in [4.78, 5) is 26.0. The number of nitrogens with zero attached hydrogens (tertiary/aromatic N) is 6. The summed E-state index contributed by atoms with van der Waals surface area (Å²) in [6, 6.07) is 11.6. The molecular weight excluding hydrogens is 340 g/mol. The lowest BCUT2D eigenvalue weighted by Crippen LogP contribution is -2.34. The Morgan fingerprint density at radius 1 is 0.963 bits per heavy atom. The highest BCUT2D eigenvalue weighted by Gasteiger charge is 2.42. The minimum Gasteiger partial charge on any atom is -0.354 e. The van der Waals surface area contributed by atoms with E-state index in [-0.39, 0.29) is 5.91 Å². The summed E-state index contributed by atoms with van der Waals surface area (Å²) in [6.45, 7) is 5.28. The van der Waals surface area contributed by atoms with E-state index in [2.05, 4.69) is 25.1 Å². The molecule has 2 saturated heterocycles. The highest BCUT2D eigenvalue weighted by Crippen LogP contribution is 2.33. The molecule has 2 aromatic heterocycles. The van der Waals surface area contributed by atoms with Crippen LogP contribution in [0.2, 0.25) is 0 Å². The number of aryl methyl sites for hydroxylation is 1. The summed E-state index contributed by atoms with van der Waals surface area (Å²) < 4.78 is 0. The second kappa shape index (κ2) is 6.26. The van der Waals surface area contributed by atoms with Gasteiger partial charge >= 0.3 is 0 Å². The maximum Gasteiger partial charge on any atom is 0.274 e. The summed E-state index contributed by atoms with van der Waals surface area (Å²) in [5.74, 6) is 1.83. The molecule has 4 heterocycles. The first-order valence-electron chi connectivity index (χ1n) is 9.24. The highest BCUT2D eigenvalue weighted by atomic mass is 16.2. The molecule has 0 saturated carbocycles. The third kappa shape index (κ3) is 2.89. The molecule has 136 valence electrons. The Kier molecular flexibility index (Phi) is 3.74. The Morgan fingerprint density at radius 3 is 2.41 bits per heavy atom. The number of rotatable bonds is 2. The molecule has 2 unspecified atom stereocenters. The number of para-hydroxylation sites is 2. The van der Waals surface area contributed by atoms with Crippen LogP contribution < -0.4 is 4.90 Å². The van der Waals surface area contributed by atoms with Gasteiger partial charge < -0.3 is 9.80 Å². The van der Waals surface area contributed by atoms with E-state index in [1.165, 1.54) is 0 Å². The van der Waals surface area contributed by atoms with Gasteiger partial charge in [0.25, 0.3) is 5.91 Å². The van der Waals surface area contributed by atoms with Crippen LogP contribution in [0.25, 0.3) is 11.0 Å². The molecule has 1 amide bonds. The number of carbonyl (C=O) groups is 1. The second-order valence-corrected chi connectivity index (χ2v) is 7.41. The van der Waals surface area contributed by atoms with Crippen molar-refractivity contribution in [2.24, 2.45) is 11.8 Å². The molecule has 2 fully saturated rings. The van der Waals surface area contributed by atoms with Crippen LogP contribution >= 0.6 is 0 Å². The number of carbonyl (C=O) groups excluding carboxylic acids is 1.